The van der Waals surface area contributed by atoms with Gasteiger partial charge >= 0.3 is 6.18 Å². The van der Waals surface area contributed by atoms with Gasteiger partial charge in [-0.15, -0.1) is 0 Å². The second kappa shape index (κ2) is 10.3. The molecular weight excluding hydrogens is 445 g/mol. The highest BCUT2D eigenvalue weighted by molar-refractivity contribution is 5.78. The first-order chi connectivity index (χ1) is 16.3. The number of ether oxygens (including phenoxy) is 1. The maximum Gasteiger partial charge on any atom is 0.416 e. The number of nitrogens with zero attached hydrogens (tertiary/aromatic N) is 3. The van der Waals surface area contributed by atoms with Crippen LogP contribution in [0.3, 0.4) is 0 Å². The number of halogens is 3. The molecule has 2 heterocycles. The van der Waals surface area contributed by atoms with Crippen LogP contribution in [0.4, 0.5) is 13.2 Å². The summed E-state index contributed by atoms with van der Waals surface area (Å²) in [5.74, 6) is 0.812. The van der Waals surface area contributed by atoms with Gasteiger partial charge in [0, 0.05) is 37.3 Å². The quantitative estimate of drug-likeness (QED) is 0.464. The van der Waals surface area contributed by atoms with Gasteiger partial charge in [0.2, 0.25) is 5.91 Å². The molecule has 0 bridgehead atoms. The Labute approximate surface area is 196 Å². The number of alkyl halides is 3. The number of amides is 1. The molecule has 0 radical (unpaired) electrons. The van der Waals surface area contributed by atoms with Crippen molar-refractivity contribution in [2.75, 3.05) is 13.7 Å². The predicted molar refractivity (Wildman–Crippen MR) is 121 cm³/mol. The van der Waals surface area contributed by atoms with Gasteiger partial charge in [0.05, 0.1) is 18.9 Å². The van der Waals surface area contributed by atoms with Crippen LogP contribution in [-0.4, -0.2) is 40.3 Å². The molecule has 2 aromatic carbocycles. The molecule has 1 aliphatic heterocycles. The Balaban J connectivity index is 1.32. The Morgan fingerprint density at radius 2 is 1.97 bits per heavy atom. The van der Waals surface area contributed by atoms with Gasteiger partial charge in [-0.1, -0.05) is 30.3 Å². The first-order valence-corrected chi connectivity index (χ1v) is 11.2. The molecule has 1 fully saturated rings. The monoisotopic (exact) mass is 472 g/mol. The summed E-state index contributed by atoms with van der Waals surface area (Å²) >= 11 is 0. The minimum absolute atomic E-state index is 0.0797. The third-order valence-electron chi connectivity index (χ3n) is 6.01. The Hall–Kier alpha value is -3.33. The lowest BCUT2D eigenvalue weighted by molar-refractivity contribution is -0.137. The van der Waals surface area contributed by atoms with Crippen LogP contribution >= 0.6 is 0 Å². The topological polar surface area (TPSA) is 59.4 Å². The van der Waals surface area contributed by atoms with E-state index < -0.39 is 11.7 Å². The fourth-order valence-electron chi connectivity index (χ4n) is 4.26. The number of rotatable bonds is 9. The number of hydrogen-bond donors (Lipinski definition) is 1. The molecule has 0 saturated carbocycles. The highest BCUT2D eigenvalue weighted by Gasteiger charge is 2.31. The first kappa shape index (κ1) is 23.8. The van der Waals surface area contributed by atoms with Gasteiger partial charge in [-0.2, -0.15) is 18.3 Å². The standard InChI is InChI=1S/C25H27F3N4O2/c1-34-23-8-3-2-7-22(23)32-17-19(15-30-32)16-31-21(9-10-24(31)33)11-12-29-14-18-5-4-6-20(13-18)25(26,27)28/h2-8,13,15,17,21,29H,9-12,14,16H2,1H3. The van der Waals surface area contributed by atoms with Crippen molar-refractivity contribution >= 4 is 5.91 Å². The summed E-state index contributed by atoms with van der Waals surface area (Å²) in [4.78, 5) is 14.4. The Bertz CT molecular complexity index is 1130. The third-order valence-corrected chi connectivity index (χ3v) is 6.01. The van der Waals surface area contributed by atoms with Crippen LogP contribution in [0.5, 0.6) is 5.75 Å². The van der Waals surface area contributed by atoms with E-state index in [4.69, 9.17) is 4.74 Å². The summed E-state index contributed by atoms with van der Waals surface area (Å²) in [7, 11) is 1.61. The SMILES string of the molecule is COc1ccccc1-n1cc(CN2C(=O)CCC2CCNCc2cccc(C(F)(F)F)c2)cn1. The second-order valence-corrected chi connectivity index (χ2v) is 8.34. The summed E-state index contributed by atoms with van der Waals surface area (Å²) in [5.41, 5.74) is 1.67. The lowest BCUT2D eigenvalue weighted by Crippen LogP contribution is -2.34. The number of carbonyl (C=O) groups is 1. The highest BCUT2D eigenvalue weighted by Crippen LogP contribution is 2.29. The number of benzene rings is 2. The van der Waals surface area contributed by atoms with E-state index in [2.05, 4.69) is 10.4 Å². The minimum atomic E-state index is -4.35. The summed E-state index contributed by atoms with van der Waals surface area (Å²) in [6.07, 6.45) is 1.29. The number of para-hydroxylation sites is 2. The molecule has 0 aliphatic carbocycles. The molecule has 1 unspecified atom stereocenters. The van der Waals surface area contributed by atoms with E-state index in [9.17, 15) is 18.0 Å². The molecule has 180 valence electrons. The Kier molecular flexibility index (Phi) is 7.21. The van der Waals surface area contributed by atoms with E-state index >= 15 is 0 Å². The lowest BCUT2D eigenvalue weighted by Gasteiger charge is -2.24. The van der Waals surface area contributed by atoms with E-state index in [0.29, 0.717) is 37.4 Å². The van der Waals surface area contributed by atoms with Crippen molar-refractivity contribution in [3.8, 4) is 11.4 Å². The van der Waals surface area contributed by atoms with Crippen LogP contribution < -0.4 is 10.1 Å². The van der Waals surface area contributed by atoms with Crippen molar-refractivity contribution in [1.82, 2.24) is 20.0 Å². The lowest BCUT2D eigenvalue weighted by atomic mass is 10.1. The van der Waals surface area contributed by atoms with Gasteiger partial charge in [-0.25, -0.2) is 4.68 Å². The van der Waals surface area contributed by atoms with Gasteiger partial charge in [-0.05, 0) is 43.1 Å². The van der Waals surface area contributed by atoms with Crippen molar-refractivity contribution in [1.29, 1.82) is 0 Å². The van der Waals surface area contributed by atoms with Crippen LogP contribution in [0.2, 0.25) is 0 Å². The summed E-state index contributed by atoms with van der Waals surface area (Å²) in [6.45, 7) is 1.41. The summed E-state index contributed by atoms with van der Waals surface area (Å²) in [6, 6.07) is 13.0. The van der Waals surface area contributed by atoms with E-state index in [-0.39, 0.29) is 11.9 Å². The van der Waals surface area contributed by atoms with Gasteiger partial charge in [-0.3, -0.25) is 4.79 Å². The zero-order valence-corrected chi connectivity index (χ0v) is 18.9. The van der Waals surface area contributed by atoms with E-state index in [1.165, 1.54) is 6.07 Å². The number of aromatic nitrogens is 2. The number of nitrogens with one attached hydrogen (secondary N) is 1. The normalized spacial score (nSPS) is 16.3. The maximum absolute atomic E-state index is 12.9. The van der Waals surface area contributed by atoms with Crippen molar-refractivity contribution in [2.24, 2.45) is 0 Å². The van der Waals surface area contributed by atoms with Gasteiger partial charge in [0.15, 0.2) is 0 Å². The fourth-order valence-corrected chi connectivity index (χ4v) is 4.26. The predicted octanol–water partition coefficient (Wildman–Crippen LogP) is 4.57. The third kappa shape index (κ3) is 5.59. The molecule has 3 aromatic rings. The Morgan fingerprint density at radius 3 is 2.76 bits per heavy atom. The van der Waals surface area contributed by atoms with Crippen molar-refractivity contribution in [3.05, 3.63) is 77.6 Å². The first-order valence-electron chi connectivity index (χ1n) is 11.2. The molecule has 4 rings (SSSR count). The number of carbonyl (C=O) groups excluding carboxylic acids is 1. The van der Waals surface area contributed by atoms with Crippen LogP contribution in [0, 0.1) is 0 Å². The average molecular weight is 473 g/mol. The zero-order chi connectivity index (χ0) is 24.1. The molecule has 1 saturated heterocycles. The minimum Gasteiger partial charge on any atom is -0.494 e. The van der Waals surface area contributed by atoms with E-state index in [1.807, 2.05) is 35.4 Å². The molecule has 1 aromatic heterocycles. The van der Waals surface area contributed by atoms with Gasteiger partial charge < -0.3 is 15.0 Å². The van der Waals surface area contributed by atoms with E-state index in [0.717, 1.165) is 36.2 Å². The van der Waals surface area contributed by atoms with Crippen LogP contribution in [0.15, 0.2) is 60.9 Å². The molecule has 34 heavy (non-hydrogen) atoms. The van der Waals surface area contributed by atoms with Gasteiger partial charge in [0.25, 0.3) is 0 Å². The summed E-state index contributed by atoms with van der Waals surface area (Å²) in [5, 5.41) is 7.64. The molecule has 0 spiro atoms. The smallest absolute Gasteiger partial charge is 0.416 e. The van der Waals surface area contributed by atoms with E-state index in [1.54, 1.807) is 24.1 Å². The van der Waals surface area contributed by atoms with Crippen LogP contribution in [-0.2, 0) is 24.1 Å². The molecule has 1 amide bonds. The largest absolute Gasteiger partial charge is 0.494 e. The van der Waals surface area contributed by atoms with Gasteiger partial charge in [0.1, 0.15) is 11.4 Å². The highest BCUT2D eigenvalue weighted by atomic mass is 19.4. The van der Waals surface area contributed by atoms with Crippen LogP contribution in [0.25, 0.3) is 5.69 Å². The maximum atomic E-state index is 12.9. The zero-order valence-electron chi connectivity index (χ0n) is 18.9. The number of methoxy groups -OCH3 is 1. The molecule has 1 aliphatic rings. The van der Waals surface area contributed by atoms with Crippen molar-refractivity contribution < 1.29 is 22.7 Å². The summed E-state index contributed by atoms with van der Waals surface area (Å²) < 4.78 is 45.8. The fraction of sp³-hybridized carbons (Fsp3) is 0.360. The van der Waals surface area contributed by atoms with Crippen LogP contribution in [0.1, 0.15) is 36.0 Å². The number of likely N-dealkylation sites (tertiary alicyclic amines) is 1. The van der Waals surface area contributed by atoms with Crippen molar-refractivity contribution in [2.45, 2.75) is 44.6 Å². The average Bonchev–Trinajstić information content (AvgIpc) is 3.43. The molecular formula is C25H27F3N4O2. The molecule has 6 nitrogen and oxygen atoms in total. The molecule has 9 heteroatoms. The van der Waals surface area contributed by atoms with Crippen molar-refractivity contribution in [3.63, 3.8) is 0 Å². The molecule has 1 atom stereocenters. The molecule has 1 N–H and O–H groups in total. The Morgan fingerprint density at radius 1 is 1.15 bits per heavy atom. The number of hydrogen-bond acceptors (Lipinski definition) is 4. The second-order valence-electron chi connectivity index (χ2n) is 8.34.